The SMILES string of the molecule is CC(C)CN1CCN(C(=O)c2ccc(Br)o2)CC1. The minimum absolute atomic E-state index is 0.00935. The third-order valence-electron chi connectivity index (χ3n) is 3.07. The Morgan fingerprint density at radius 2 is 2.00 bits per heavy atom. The Morgan fingerprint density at radius 3 is 2.50 bits per heavy atom. The first-order chi connectivity index (χ1) is 8.56. The van der Waals surface area contributed by atoms with Crippen LogP contribution in [0.3, 0.4) is 0 Å². The molecule has 0 N–H and O–H groups in total. The molecular formula is C13H19BrN2O2. The fourth-order valence-electron chi connectivity index (χ4n) is 2.24. The summed E-state index contributed by atoms with van der Waals surface area (Å²) in [5.41, 5.74) is 0. The van der Waals surface area contributed by atoms with E-state index in [0.717, 1.165) is 32.7 Å². The van der Waals surface area contributed by atoms with Crippen molar-refractivity contribution in [2.75, 3.05) is 32.7 Å². The molecule has 5 heteroatoms. The molecule has 0 saturated carbocycles. The largest absolute Gasteiger partial charge is 0.444 e. The van der Waals surface area contributed by atoms with Crippen molar-refractivity contribution in [3.8, 4) is 0 Å². The van der Waals surface area contributed by atoms with E-state index in [1.165, 1.54) is 0 Å². The molecule has 2 rings (SSSR count). The molecule has 0 unspecified atom stereocenters. The lowest BCUT2D eigenvalue weighted by molar-refractivity contribution is 0.0592. The van der Waals surface area contributed by atoms with Gasteiger partial charge in [-0.05, 0) is 34.0 Å². The highest BCUT2D eigenvalue weighted by Crippen LogP contribution is 2.16. The Morgan fingerprint density at radius 1 is 1.33 bits per heavy atom. The van der Waals surface area contributed by atoms with Crippen LogP contribution in [-0.2, 0) is 0 Å². The topological polar surface area (TPSA) is 36.7 Å². The van der Waals surface area contributed by atoms with E-state index in [1.54, 1.807) is 12.1 Å². The van der Waals surface area contributed by atoms with Gasteiger partial charge in [-0.25, -0.2) is 0 Å². The minimum Gasteiger partial charge on any atom is -0.444 e. The van der Waals surface area contributed by atoms with Crippen LogP contribution in [0.25, 0.3) is 0 Å². The fraction of sp³-hybridized carbons (Fsp3) is 0.615. The molecule has 1 amide bonds. The molecule has 1 aromatic heterocycles. The summed E-state index contributed by atoms with van der Waals surface area (Å²) in [5.74, 6) is 1.08. The molecule has 1 saturated heterocycles. The van der Waals surface area contributed by atoms with Gasteiger partial charge in [0.25, 0.3) is 5.91 Å². The summed E-state index contributed by atoms with van der Waals surface area (Å²) in [5, 5.41) is 0. The molecule has 4 nitrogen and oxygen atoms in total. The van der Waals surface area contributed by atoms with Crippen molar-refractivity contribution < 1.29 is 9.21 Å². The number of carbonyl (C=O) groups excluding carboxylic acids is 1. The summed E-state index contributed by atoms with van der Waals surface area (Å²) in [7, 11) is 0. The number of carbonyl (C=O) groups is 1. The number of piperazine rings is 1. The monoisotopic (exact) mass is 314 g/mol. The van der Waals surface area contributed by atoms with E-state index in [4.69, 9.17) is 4.42 Å². The molecule has 0 aromatic carbocycles. The fourth-order valence-corrected chi connectivity index (χ4v) is 2.54. The maximum absolute atomic E-state index is 12.1. The number of hydrogen-bond acceptors (Lipinski definition) is 3. The van der Waals surface area contributed by atoms with Crippen molar-refractivity contribution in [1.82, 2.24) is 9.80 Å². The van der Waals surface area contributed by atoms with E-state index in [9.17, 15) is 4.79 Å². The molecule has 1 aromatic rings. The zero-order valence-electron chi connectivity index (χ0n) is 10.9. The first kappa shape index (κ1) is 13.6. The molecule has 2 heterocycles. The lowest BCUT2D eigenvalue weighted by Crippen LogP contribution is -2.49. The Hall–Kier alpha value is -0.810. The zero-order chi connectivity index (χ0) is 13.1. The van der Waals surface area contributed by atoms with Crippen LogP contribution in [0.15, 0.2) is 21.2 Å². The summed E-state index contributed by atoms with van der Waals surface area (Å²) < 4.78 is 5.90. The second kappa shape index (κ2) is 5.89. The van der Waals surface area contributed by atoms with Crippen molar-refractivity contribution in [2.45, 2.75) is 13.8 Å². The summed E-state index contributed by atoms with van der Waals surface area (Å²) in [6.45, 7) is 9.01. The maximum Gasteiger partial charge on any atom is 0.289 e. The molecule has 0 atom stereocenters. The first-order valence-corrected chi connectivity index (χ1v) is 7.12. The summed E-state index contributed by atoms with van der Waals surface area (Å²) >= 11 is 3.22. The normalized spacial score (nSPS) is 17.4. The molecule has 100 valence electrons. The standard InChI is InChI=1S/C13H19BrN2O2/c1-10(2)9-15-5-7-16(8-6-15)13(17)11-3-4-12(14)18-11/h3-4,10H,5-9H2,1-2H3. The van der Waals surface area contributed by atoms with Gasteiger partial charge in [0, 0.05) is 32.7 Å². The Balaban J connectivity index is 1.88. The molecule has 0 spiro atoms. The quantitative estimate of drug-likeness (QED) is 0.860. The van der Waals surface area contributed by atoms with Crippen LogP contribution in [0.2, 0.25) is 0 Å². The Bertz CT molecular complexity index is 409. The van der Waals surface area contributed by atoms with Gasteiger partial charge in [-0.1, -0.05) is 13.8 Å². The van der Waals surface area contributed by atoms with Gasteiger partial charge in [-0.3, -0.25) is 9.69 Å². The molecule has 1 aliphatic rings. The van der Waals surface area contributed by atoms with Crippen LogP contribution < -0.4 is 0 Å². The number of hydrogen-bond donors (Lipinski definition) is 0. The molecule has 0 radical (unpaired) electrons. The molecule has 0 aliphatic carbocycles. The van der Waals surface area contributed by atoms with Gasteiger partial charge < -0.3 is 9.32 Å². The van der Waals surface area contributed by atoms with Crippen LogP contribution in [0.4, 0.5) is 0 Å². The van der Waals surface area contributed by atoms with Crippen LogP contribution in [0.1, 0.15) is 24.4 Å². The highest BCUT2D eigenvalue weighted by molar-refractivity contribution is 9.10. The Labute approximate surface area is 116 Å². The number of halogens is 1. The summed E-state index contributed by atoms with van der Waals surface area (Å²) in [4.78, 5) is 16.4. The second-order valence-corrected chi connectivity index (χ2v) is 5.87. The van der Waals surface area contributed by atoms with Gasteiger partial charge in [0.1, 0.15) is 0 Å². The first-order valence-electron chi connectivity index (χ1n) is 6.33. The number of nitrogens with zero attached hydrogens (tertiary/aromatic N) is 2. The van der Waals surface area contributed by atoms with E-state index in [0.29, 0.717) is 16.3 Å². The van der Waals surface area contributed by atoms with Crippen molar-refractivity contribution in [3.63, 3.8) is 0 Å². The van der Waals surface area contributed by atoms with Gasteiger partial charge in [0.05, 0.1) is 0 Å². The number of amides is 1. The van der Waals surface area contributed by atoms with Crippen LogP contribution in [0, 0.1) is 5.92 Å². The van der Waals surface area contributed by atoms with Gasteiger partial charge in [-0.15, -0.1) is 0 Å². The highest BCUT2D eigenvalue weighted by atomic mass is 79.9. The van der Waals surface area contributed by atoms with E-state index >= 15 is 0 Å². The zero-order valence-corrected chi connectivity index (χ0v) is 12.4. The third-order valence-corrected chi connectivity index (χ3v) is 3.49. The summed E-state index contributed by atoms with van der Waals surface area (Å²) in [6, 6.07) is 3.47. The minimum atomic E-state index is -0.00935. The molecule has 1 aliphatic heterocycles. The van der Waals surface area contributed by atoms with Crippen molar-refractivity contribution in [1.29, 1.82) is 0 Å². The predicted octanol–water partition coefficient (Wildman–Crippen LogP) is 2.46. The molecule has 0 bridgehead atoms. The second-order valence-electron chi connectivity index (χ2n) is 5.09. The van der Waals surface area contributed by atoms with Crippen molar-refractivity contribution in [2.24, 2.45) is 5.92 Å². The predicted molar refractivity (Wildman–Crippen MR) is 73.6 cm³/mol. The lowest BCUT2D eigenvalue weighted by Gasteiger charge is -2.35. The molecular weight excluding hydrogens is 296 g/mol. The van der Waals surface area contributed by atoms with E-state index < -0.39 is 0 Å². The summed E-state index contributed by atoms with van der Waals surface area (Å²) in [6.07, 6.45) is 0. The van der Waals surface area contributed by atoms with Crippen molar-refractivity contribution in [3.05, 3.63) is 22.6 Å². The average Bonchev–Trinajstić information content (AvgIpc) is 2.75. The Kier molecular flexibility index (Phi) is 4.45. The van der Waals surface area contributed by atoms with E-state index in [-0.39, 0.29) is 5.91 Å². The lowest BCUT2D eigenvalue weighted by atomic mass is 10.2. The highest BCUT2D eigenvalue weighted by Gasteiger charge is 2.24. The number of rotatable bonds is 3. The van der Waals surface area contributed by atoms with E-state index in [2.05, 4.69) is 34.7 Å². The van der Waals surface area contributed by atoms with Gasteiger partial charge in [0.15, 0.2) is 10.4 Å². The number of furan rings is 1. The maximum atomic E-state index is 12.1. The molecule has 18 heavy (non-hydrogen) atoms. The van der Waals surface area contributed by atoms with Crippen LogP contribution in [-0.4, -0.2) is 48.4 Å². The van der Waals surface area contributed by atoms with Crippen LogP contribution >= 0.6 is 15.9 Å². The van der Waals surface area contributed by atoms with Gasteiger partial charge >= 0.3 is 0 Å². The smallest absolute Gasteiger partial charge is 0.289 e. The van der Waals surface area contributed by atoms with Gasteiger partial charge in [0.2, 0.25) is 0 Å². The van der Waals surface area contributed by atoms with Crippen LogP contribution in [0.5, 0.6) is 0 Å². The average molecular weight is 315 g/mol. The third kappa shape index (κ3) is 3.36. The van der Waals surface area contributed by atoms with E-state index in [1.807, 2.05) is 4.90 Å². The van der Waals surface area contributed by atoms with Crippen molar-refractivity contribution >= 4 is 21.8 Å². The van der Waals surface area contributed by atoms with Gasteiger partial charge in [-0.2, -0.15) is 0 Å². The molecule has 1 fully saturated rings.